The first-order chi connectivity index (χ1) is 11.8. The van der Waals surface area contributed by atoms with Gasteiger partial charge in [-0.1, -0.05) is 42.5 Å². The molecular formula is C22H28BrNO. The number of phenolic OH excluding ortho intramolecular Hbond substituents is 1. The lowest BCUT2D eigenvalue weighted by Crippen LogP contribution is -2.35. The first kappa shape index (κ1) is 18.5. The van der Waals surface area contributed by atoms with Gasteiger partial charge in [-0.05, 0) is 73.7 Å². The SMILES string of the molecule is Br.Oc1cccc(C23CCCN(CCc4ccccc4)C(CC2)C3)c1. The maximum absolute atomic E-state index is 9.89. The van der Waals surface area contributed by atoms with Crippen LogP contribution in [0.5, 0.6) is 5.75 Å². The Morgan fingerprint density at radius 1 is 1.04 bits per heavy atom. The maximum Gasteiger partial charge on any atom is 0.115 e. The van der Waals surface area contributed by atoms with Crippen LogP contribution in [0.1, 0.15) is 43.2 Å². The van der Waals surface area contributed by atoms with E-state index in [0.717, 1.165) is 6.42 Å². The smallest absolute Gasteiger partial charge is 0.115 e. The van der Waals surface area contributed by atoms with Crippen LogP contribution in [0, 0.1) is 0 Å². The average Bonchev–Trinajstić information content (AvgIpc) is 2.94. The van der Waals surface area contributed by atoms with Crippen LogP contribution in [-0.2, 0) is 11.8 Å². The highest BCUT2D eigenvalue weighted by molar-refractivity contribution is 8.93. The van der Waals surface area contributed by atoms with Crippen LogP contribution in [0.15, 0.2) is 54.6 Å². The van der Waals surface area contributed by atoms with Gasteiger partial charge in [0.05, 0.1) is 0 Å². The van der Waals surface area contributed by atoms with Gasteiger partial charge in [-0.15, -0.1) is 17.0 Å². The van der Waals surface area contributed by atoms with E-state index in [9.17, 15) is 5.11 Å². The summed E-state index contributed by atoms with van der Waals surface area (Å²) in [4.78, 5) is 2.73. The first-order valence-electron chi connectivity index (χ1n) is 9.33. The molecule has 0 spiro atoms. The van der Waals surface area contributed by atoms with E-state index in [4.69, 9.17) is 0 Å². The molecule has 1 saturated heterocycles. The second kappa shape index (κ2) is 7.92. The molecule has 2 unspecified atom stereocenters. The van der Waals surface area contributed by atoms with Crippen LogP contribution < -0.4 is 0 Å². The van der Waals surface area contributed by atoms with Gasteiger partial charge in [0.25, 0.3) is 0 Å². The molecule has 1 N–H and O–H groups in total. The third-order valence-electron chi connectivity index (χ3n) is 6.19. The predicted molar refractivity (Wildman–Crippen MR) is 109 cm³/mol. The number of hydrogen-bond donors (Lipinski definition) is 1. The molecule has 2 atom stereocenters. The molecule has 2 aromatic rings. The first-order valence-corrected chi connectivity index (χ1v) is 9.33. The number of benzene rings is 2. The molecule has 1 aliphatic carbocycles. The van der Waals surface area contributed by atoms with Gasteiger partial charge in [-0.25, -0.2) is 0 Å². The second-order valence-corrected chi connectivity index (χ2v) is 7.60. The van der Waals surface area contributed by atoms with Crippen molar-refractivity contribution in [1.82, 2.24) is 4.90 Å². The standard InChI is InChI=1S/C22H27NO.BrH/c24-21-9-4-8-19(16-21)22-12-5-14-23(20(17-22)10-13-22)15-11-18-6-2-1-3-7-18;/h1-4,6-9,16,20,24H,5,10-15,17H2;1H. The van der Waals surface area contributed by atoms with E-state index in [2.05, 4.69) is 41.3 Å². The summed E-state index contributed by atoms with van der Waals surface area (Å²) in [5.74, 6) is 0.413. The minimum absolute atomic E-state index is 0. The summed E-state index contributed by atoms with van der Waals surface area (Å²) < 4.78 is 0. The predicted octanol–water partition coefficient (Wildman–Crippen LogP) is 5.10. The number of nitrogens with zero attached hydrogens (tertiary/aromatic N) is 1. The molecule has 134 valence electrons. The second-order valence-electron chi connectivity index (χ2n) is 7.60. The van der Waals surface area contributed by atoms with E-state index >= 15 is 0 Å². The minimum atomic E-state index is 0. The van der Waals surface area contributed by atoms with E-state index in [1.807, 2.05) is 12.1 Å². The normalized spacial score (nSPS) is 26.0. The monoisotopic (exact) mass is 401 g/mol. The molecule has 1 aliphatic heterocycles. The Morgan fingerprint density at radius 3 is 2.68 bits per heavy atom. The van der Waals surface area contributed by atoms with Gasteiger partial charge in [-0.3, -0.25) is 0 Å². The fourth-order valence-corrected chi connectivity index (χ4v) is 4.89. The van der Waals surface area contributed by atoms with E-state index in [-0.39, 0.29) is 17.0 Å². The molecule has 2 nitrogen and oxygen atoms in total. The molecule has 0 aromatic heterocycles. The van der Waals surface area contributed by atoms with Crippen molar-refractivity contribution in [3.05, 3.63) is 65.7 Å². The van der Waals surface area contributed by atoms with Crippen LogP contribution in [0.4, 0.5) is 0 Å². The van der Waals surface area contributed by atoms with Crippen molar-refractivity contribution >= 4 is 17.0 Å². The topological polar surface area (TPSA) is 23.5 Å². The highest BCUT2D eigenvalue weighted by atomic mass is 79.9. The summed E-state index contributed by atoms with van der Waals surface area (Å²) in [5.41, 5.74) is 3.10. The number of hydrogen-bond acceptors (Lipinski definition) is 2. The van der Waals surface area contributed by atoms with Gasteiger partial charge in [-0.2, -0.15) is 0 Å². The fraction of sp³-hybridized carbons (Fsp3) is 0.455. The van der Waals surface area contributed by atoms with Crippen LogP contribution in [0.2, 0.25) is 0 Å². The van der Waals surface area contributed by atoms with Gasteiger partial charge in [0, 0.05) is 12.6 Å². The number of rotatable bonds is 4. The Bertz CT molecular complexity index is 689. The summed E-state index contributed by atoms with van der Waals surface area (Å²) in [7, 11) is 0. The molecule has 0 amide bonds. The summed E-state index contributed by atoms with van der Waals surface area (Å²) >= 11 is 0. The van der Waals surface area contributed by atoms with Crippen molar-refractivity contribution < 1.29 is 5.11 Å². The van der Waals surface area contributed by atoms with Crippen LogP contribution in [-0.4, -0.2) is 29.1 Å². The number of aromatic hydroxyl groups is 1. The number of likely N-dealkylation sites (tertiary alicyclic amines) is 1. The quantitative estimate of drug-likeness (QED) is 0.769. The third-order valence-corrected chi connectivity index (χ3v) is 6.19. The van der Waals surface area contributed by atoms with Gasteiger partial charge in [0.15, 0.2) is 0 Å². The molecule has 2 aromatic carbocycles. The zero-order valence-corrected chi connectivity index (χ0v) is 16.4. The fourth-order valence-electron chi connectivity index (χ4n) is 4.89. The Balaban J connectivity index is 0.00000182. The summed E-state index contributed by atoms with van der Waals surface area (Å²) in [6.07, 6.45) is 7.49. The van der Waals surface area contributed by atoms with Gasteiger partial charge in [0.1, 0.15) is 5.75 Å². The van der Waals surface area contributed by atoms with E-state index < -0.39 is 0 Å². The lowest BCUT2D eigenvalue weighted by atomic mass is 9.75. The minimum Gasteiger partial charge on any atom is -0.508 e. The largest absolute Gasteiger partial charge is 0.508 e. The van der Waals surface area contributed by atoms with Crippen molar-refractivity contribution in [2.45, 2.75) is 50.0 Å². The molecule has 2 aliphatic rings. The number of halogens is 1. The van der Waals surface area contributed by atoms with Crippen molar-refractivity contribution in [2.75, 3.05) is 13.1 Å². The molecule has 2 bridgehead atoms. The van der Waals surface area contributed by atoms with Crippen LogP contribution >= 0.6 is 17.0 Å². The summed E-state index contributed by atoms with van der Waals surface area (Å²) in [5, 5.41) is 9.89. The molecule has 3 heteroatoms. The average molecular weight is 402 g/mol. The Hall–Kier alpha value is -1.32. The zero-order chi connectivity index (χ0) is 16.4. The molecule has 25 heavy (non-hydrogen) atoms. The van der Waals surface area contributed by atoms with Gasteiger partial charge in [0.2, 0.25) is 0 Å². The Morgan fingerprint density at radius 2 is 1.88 bits per heavy atom. The molecule has 2 fully saturated rings. The lowest BCUT2D eigenvalue weighted by Gasteiger charge is -2.29. The van der Waals surface area contributed by atoms with Crippen molar-refractivity contribution in [3.63, 3.8) is 0 Å². The van der Waals surface area contributed by atoms with E-state index in [1.54, 1.807) is 6.07 Å². The number of phenols is 1. The Labute approximate surface area is 161 Å². The molecular weight excluding hydrogens is 374 g/mol. The van der Waals surface area contributed by atoms with Crippen LogP contribution in [0.3, 0.4) is 0 Å². The highest BCUT2D eigenvalue weighted by Crippen LogP contribution is 2.48. The van der Waals surface area contributed by atoms with E-state index in [1.165, 1.54) is 56.3 Å². The van der Waals surface area contributed by atoms with Crippen LogP contribution in [0.25, 0.3) is 0 Å². The number of fused-ring (bicyclic) bond motifs is 2. The zero-order valence-electron chi connectivity index (χ0n) is 14.7. The lowest BCUT2D eigenvalue weighted by molar-refractivity contribution is 0.206. The van der Waals surface area contributed by atoms with Crippen molar-refractivity contribution in [3.8, 4) is 5.75 Å². The maximum atomic E-state index is 9.89. The highest BCUT2D eigenvalue weighted by Gasteiger charge is 2.44. The molecule has 0 radical (unpaired) electrons. The molecule has 4 rings (SSSR count). The molecule has 1 heterocycles. The van der Waals surface area contributed by atoms with Crippen molar-refractivity contribution in [1.29, 1.82) is 0 Å². The van der Waals surface area contributed by atoms with Crippen molar-refractivity contribution in [2.24, 2.45) is 0 Å². The van der Waals surface area contributed by atoms with Gasteiger partial charge < -0.3 is 10.0 Å². The summed E-state index contributed by atoms with van der Waals surface area (Å²) in [6, 6.07) is 19.6. The third kappa shape index (κ3) is 3.93. The van der Waals surface area contributed by atoms with Gasteiger partial charge >= 0.3 is 0 Å². The summed E-state index contributed by atoms with van der Waals surface area (Å²) in [6.45, 7) is 2.39. The molecule has 1 saturated carbocycles. The van der Waals surface area contributed by atoms with E-state index in [0.29, 0.717) is 17.2 Å². The Kier molecular flexibility index (Phi) is 5.85.